The van der Waals surface area contributed by atoms with Crippen molar-refractivity contribution in [2.24, 2.45) is 0 Å². The summed E-state index contributed by atoms with van der Waals surface area (Å²) in [6.07, 6.45) is -4.80. The molecular formula is C24H20F3N3O5S. The minimum absolute atomic E-state index is 0.00539. The molecule has 188 valence electrons. The maximum Gasteiger partial charge on any atom is 0.433 e. The molecule has 12 heteroatoms. The third-order valence-corrected chi connectivity index (χ3v) is 5.95. The fourth-order valence-corrected chi connectivity index (χ4v) is 4.25. The highest BCUT2D eigenvalue weighted by Crippen LogP contribution is 2.38. The molecule has 0 N–H and O–H groups in total. The maximum absolute atomic E-state index is 13.2. The third kappa shape index (κ3) is 5.03. The predicted molar refractivity (Wildman–Crippen MR) is 127 cm³/mol. The normalized spacial score (nSPS) is 11.5. The number of alkyl halides is 3. The van der Waals surface area contributed by atoms with E-state index in [4.69, 9.17) is 9.47 Å². The number of fused-ring (bicyclic) bond motifs is 1. The Morgan fingerprint density at radius 3 is 2.58 bits per heavy atom. The summed E-state index contributed by atoms with van der Waals surface area (Å²) < 4.78 is 61.5. The maximum atomic E-state index is 13.2. The first-order valence-electron chi connectivity index (χ1n) is 10.7. The number of aryl methyl sites for hydroxylation is 1. The average Bonchev–Trinajstić information content (AvgIpc) is 3.25. The Morgan fingerprint density at radius 2 is 1.89 bits per heavy atom. The SMILES string of the molecule is CCOc1nc(C(F)(F)F)cc(=O)n1-c1ccc2snc(-c3cc(C)ccc3OCC(=O)OC)c2c1. The minimum Gasteiger partial charge on any atom is -0.481 e. The Morgan fingerprint density at radius 1 is 1.11 bits per heavy atom. The van der Waals surface area contributed by atoms with Crippen LogP contribution in [0.3, 0.4) is 0 Å². The first kappa shape index (κ1) is 25.2. The van der Waals surface area contributed by atoms with Crippen LogP contribution in [0.1, 0.15) is 18.2 Å². The molecule has 0 saturated carbocycles. The van der Waals surface area contributed by atoms with Gasteiger partial charge in [0, 0.05) is 17.0 Å². The number of esters is 1. The lowest BCUT2D eigenvalue weighted by Gasteiger charge is -2.15. The van der Waals surface area contributed by atoms with E-state index in [2.05, 4.69) is 14.1 Å². The summed E-state index contributed by atoms with van der Waals surface area (Å²) in [5.74, 6) is -0.156. The van der Waals surface area contributed by atoms with E-state index in [1.165, 1.54) is 18.6 Å². The monoisotopic (exact) mass is 519 g/mol. The molecule has 0 aliphatic rings. The van der Waals surface area contributed by atoms with Crippen molar-refractivity contribution in [2.45, 2.75) is 20.0 Å². The highest BCUT2D eigenvalue weighted by atomic mass is 32.1. The molecule has 0 atom stereocenters. The van der Waals surface area contributed by atoms with Crippen molar-refractivity contribution in [3.63, 3.8) is 0 Å². The van der Waals surface area contributed by atoms with Crippen LogP contribution in [0, 0.1) is 6.92 Å². The van der Waals surface area contributed by atoms with Gasteiger partial charge in [-0.2, -0.15) is 22.5 Å². The Hall–Kier alpha value is -3.93. The third-order valence-electron chi connectivity index (χ3n) is 5.13. The molecule has 4 aromatic rings. The molecular weight excluding hydrogens is 499 g/mol. The van der Waals surface area contributed by atoms with Crippen LogP contribution in [0.4, 0.5) is 13.2 Å². The predicted octanol–water partition coefficient (Wildman–Crippen LogP) is 4.79. The van der Waals surface area contributed by atoms with Gasteiger partial charge < -0.3 is 14.2 Å². The lowest BCUT2D eigenvalue weighted by atomic mass is 10.0. The van der Waals surface area contributed by atoms with Gasteiger partial charge in [0.1, 0.15) is 5.75 Å². The quantitative estimate of drug-likeness (QED) is 0.324. The number of halogens is 3. The van der Waals surface area contributed by atoms with Gasteiger partial charge in [-0.3, -0.25) is 4.79 Å². The van der Waals surface area contributed by atoms with Crippen LogP contribution in [0.5, 0.6) is 11.8 Å². The van der Waals surface area contributed by atoms with E-state index in [1.54, 1.807) is 31.2 Å². The van der Waals surface area contributed by atoms with E-state index < -0.39 is 29.4 Å². The second-order valence-corrected chi connectivity index (χ2v) is 8.41. The molecule has 0 radical (unpaired) electrons. The molecule has 0 spiro atoms. The van der Waals surface area contributed by atoms with Crippen molar-refractivity contribution in [3.05, 3.63) is 64.1 Å². The molecule has 0 unspecified atom stereocenters. The Kier molecular flexibility index (Phi) is 6.97. The van der Waals surface area contributed by atoms with E-state index in [0.717, 1.165) is 14.8 Å². The standard InChI is InChI=1S/C24H20F3N3O5S/c1-4-34-23-28-19(24(25,26)27)11-20(31)30(23)14-6-8-18-16(10-14)22(29-36-18)15-9-13(2)5-7-17(15)35-12-21(32)33-3/h5-11H,4,12H2,1-3H3. The molecule has 2 aromatic heterocycles. The van der Waals surface area contributed by atoms with Crippen LogP contribution >= 0.6 is 11.5 Å². The number of nitrogens with zero attached hydrogens (tertiary/aromatic N) is 3. The van der Waals surface area contributed by atoms with Crippen molar-refractivity contribution < 1.29 is 32.2 Å². The second-order valence-electron chi connectivity index (χ2n) is 7.60. The van der Waals surface area contributed by atoms with Gasteiger partial charge in [0.25, 0.3) is 5.56 Å². The van der Waals surface area contributed by atoms with Crippen LogP contribution in [-0.2, 0) is 15.7 Å². The van der Waals surface area contributed by atoms with E-state index in [1.807, 2.05) is 19.1 Å². The average molecular weight is 520 g/mol. The van der Waals surface area contributed by atoms with Crippen LogP contribution in [0.15, 0.2) is 47.3 Å². The van der Waals surface area contributed by atoms with E-state index >= 15 is 0 Å². The van der Waals surface area contributed by atoms with Gasteiger partial charge in [-0.05, 0) is 55.7 Å². The zero-order chi connectivity index (χ0) is 26.0. The topological polar surface area (TPSA) is 92.5 Å². The molecule has 0 aliphatic heterocycles. The van der Waals surface area contributed by atoms with E-state index in [-0.39, 0.29) is 18.9 Å². The van der Waals surface area contributed by atoms with Crippen molar-refractivity contribution in [1.82, 2.24) is 13.9 Å². The number of carbonyl (C=O) groups excluding carboxylic acids is 1. The van der Waals surface area contributed by atoms with Gasteiger partial charge in [0.05, 0.1) is 29.8 Å². The van der Waals surface area contributed by atoms with Crippen molar-refractivity contribution in [3.8, 4) is 28.7 Å². The summed E-state index contributed by atoms with van der Waals surface area (Å²) in [6.45, 7) is 3.17. The summed E-state index contributed by atoms with van der Waals surface area (Å²) in [4.78, 5) is 27.9. The summed E-state index contributed by atoms with van der Waals surface area (Å²) in [6, 6.07) is 10.2. The first-order chi connectivity index (χ1) is 17.1. The number of ether oxygens (including phenoxy) is 3. The van der Waals surface area contributed by atoms with Crippen LogP contribution in [0.25, 0.3) is 27.0 Å². The number of benzene rings is 2. The van der Waals surface area contributed by atoms with Gasteiger partial charge in [0.15, 0.2) is 12.3 Å². The van der Waals surface area contributed by atoms with Gasteiger partial charge >= 0.3 is 18.2 Å². The lowest BCUT2D eigenvalue weighted by Crippen LogP contribution is -2.25. The van der Waals surface area contributed by atoms with Crippen LogP contribution < -0.4 is 15.0 Å². The summed E-state index contributed by atoms with van der Waals surface area (Å²) in [7, 11) is 1.26. The summed E-state index contributed by atoms with van der Waals surface area (Å²) in [5.41, 5.74) is 0.00943. The molecule has 0 bridgehead atoms. The number of aromatic nitrogens is 3. The molecule has 0 fully saturated rings. The van der Waals surface area contributed by atoms with Crippen molar-refractivity contribution in [2.75, 3.05) is 20.3 Å². The van der Waals surface area contributed by atoms with Gasteiger partial charge in [-0.1, -0.05) is 11.6 Å². The smallest absolute Gasteiger partial charge is 0.433 e. The molecule has 0 aliphatic carbocycles. The molecule has 36 heavy (non-hydrogen) atoms. The van der Waals surface area contributed by atoms with Gasteiger partial charge in [-0.15, -0.1) is 0 Å². The number of rotatable bonds is 7. The van der Waals surface area contributed by atoms with E-state index in [9.17, 15) is 22.8 Å². The molecule has 8 nitrogen and oxygen atoms in total. The number of methoxy groups -OCH3 is 1. The second kappa shape index (κ2) is 9.97. The van der Waals surface area contributed by atoms with Crippen LogP contribution in [0.2, 0.25) is 0 Å². The van der Waals surface area contributed by atoms with E-state index in [0.29, 0.717) is 28.5 Å². The summed E-state index contributed by atoms with van der Waals surface area (Å²) >= 11 is 1.20. The number of hydrogen-bond acceptors (Lipinski definition) is 8. The fourth-order valence-electron chi connectivity index (χ4n) is 3.48. The highest BCUT2D eigenvalue weighted by molar-refractivity contribution is 7.13. The van der Waals surface area contributed by atoms with Crippen LogP contribution in [-0.4, -0.2) is 40.2 Å². The van der Waals surface area contributed by atoms with Gasteiger partial charge in [0.2, 0.25) is 0 Å². The molecule has 0 amide bonds. The Bertz CT molecular complexity index is 1500. The number of carbonyl (C=O) groups is 1. The molecule has 0 saturated heterocycles. The fraction of sp³-hybridized carbons (Fsp3) is 0.250. The highest BCUT2D eigenvalue weighted by Gasteiger charge is 2.34. The van der Waals surface area contributed by atoms with Crippen molar-refractivity contribution >= 4 is 27.6 Å². The van der Waals surface area contributed by atoms with Crippen molar-refractivity contribution in [1.29, 1.82) is 0 Å². The van der Waals surface area contributed by atoms with Gasteiger partial charge in [-0.25, -0.2) is 9.36 Å². The zero-order valence-electron chi connectivity index (χ0n) is 19.4. The lowest BCUT2D eigenvalue weighted by molar-refractivity contribution is -0.143. The first-order valence-corrected chi connectivity index (χ1v) is 11.4. The Labute approximate surface area is 207 Å². The molecule has 2 aromatic carbocycles. The number of hydrogen-bond donors (Lipinski definition) is 0. The zero-order valence-corrected chi connectivity index (χ0v) is 20.2. The summed E-state index contributed by atoms with van der Waals surface area (Å²) in [5, 5.41) is 0.625. The largest absolute Gasteiger partial charge is 0.481 e. The molecule has 4 rings (SSSR count). The molecule has 2 heterocycles. The Balaban J connectivity index is 1.87. The minimum atomic E-state index is -4.80.